The van der Waals surface area contributed by atoms with E-state index < -0.39 is 0 Å². The van der Waals surface area contributed by atoms with E-state index in [0.717, 1.165) is 17.2 Å². The number of amides is 1. The Kier molecular flexibility index (Phi) is 4.71. The second kappa shape index (κ2) is 7.19. The van der Waals surface area contributed by atoms with E-state index in [1.807, 2.05) is 56.4 Å². The van der Waals surface area contributed by atoms with Crippen molar-refractivity contribution in [3.05, 3.63) is 70.0 Å². The molecule has 1 fully saturated rings. The summed E-state index contributed by atoms with van der Waals surface area (Å²) in [5.41, 5.74) is 1.56. The average molecular weight is 379 g/mol. The molecular formula is C22H25N3O3. The molecule has 6 nitrogen and oxygen atoms in total. The molecule has 0 saturated heterocycles. The van der Waals surface area contributed by atoms with Crippen LogP contribution in [-0.4, -0.2) is 15.3 Å². The summed E-state index contributed by atoms with van der Waals surface area (Å²) in [6.07, 6.45) is 1.96. The highest BCUT2D eigenvalue weighted by atomic mass is 16.3. The van der Waals surface area contributed by atoms with E-state index in [9.17, 15) is 9.59 Å². The molecule has 1 aromatic carbocycles. The highest BCUT2D eigenvalue weighted by Gasteiger charge is 2.36. The summed E-state index contributed by atoms with van der Waals surface area (Å²) >= 11 is 0. The fourth-order valence-corrected chi connectivity index (χ4v) is 3.60. The van der Waals surface area contributed by atoms with E-state index in [1.54, 1.807) is 9.36 Å². The number of aryl methyl sites for hydroxylation is 1. The Morgan fingerprint density at radius 2 is 1.93 bits per heavy atom. The van der Waals surface area contributed by atoms with E-state index in [0.29, 0.717) is 29.6 Å². The molecule has 6 heteroatoms. The van der Waals surface area contributed by atoms with Gasteiger partial charge in [0.25, 0.3) is 5.56 Å². The number of nitrogens with one attached hydrogen (secondary N) is 1. The van der Waals surface area contributed by atoms with Crippen LogP contribution in [0.3, 0.4) is 0 Å². The normalized spacial score (nSPS) is 18.2. The largest absolute Gasteiger partial charge is 0.466 e. The van der Waals surface area contributed by atoms with Crippen LogP contribution < -0.4 is 10.9 Å². The maximum atomic E-state index is 12.8. The van der Waals surface area contributed by atoms with Crippen molar-refractivity contribution in [3.63, 3.8) is 0 Å². The summed E-state index contributed by atoms with van der Waals surface area (Å²) in [5, 5.41) is 2.79. The van der Waals surface area contributed by atoms with Gasteiger partial charge < -0.3 is 9.73 Å². The van der Waals surface area contributed by atoms with Gasteiger partial charge in [-0.3, -0.25) is 14.3 Å². The molecule has 0 aliphatic heterocycles. The molecule has 1 saturated carbocycles. The number of hydrogen-bond acceptors (Lipinski definition) is 3. The van der Waals surface area contributed by atoms with Crippen LogP contribution >= 0.6 is 0 Å². The van der Waals surface area contributed by atoms with Crippen molar-refractivity contribution in [2.24, 2.45) is 13.0 Å². The lowest BCUT2D eigenvalue weighted by Gasteiger charge is -2.07. The smallest absolute Gasteiger partial charge is 0.295 e. The minimum atomic E-state index is -0.234. The van der Waals surface area contributed by atoms with E-state index in [4.69, 9.17) is 4.42 Å². The lowest BCUT2D eigenvalue weighted by atomic mass is 10.2. The first kappa shape index (κ1) is 18.3. The minimum absolute atomic E-state index is 0.191. The summed E-state index contributed by atoms with van der Waals surface area (Å²) in [6, 6.07) is 13.3. The maximum Gasteiger partial charge on any atom is 0.295 e. The molecule has 1 aliphatic rings. The molecule has 2 heterocycles. The molecule has 2 aromatic heterocycles. The molecule has 146 valence electrons. The second-order valence-electron chi connectivity index (χ2n) is 7.61. The van der Waals surface area contributed by atoms with Crippen LogP contribution in [0.2, 0.25) is 0 Å². The first-order chi connectivity index (χ1) is 13.5. The third-order valence-corrected chi connectivity index (χ3v) is 5.57. The Morgan fingerprint density at radius 1 is 1.21 bits per heavy atom. The number of benzene rings is 1. The van der Waals surface area contributed by atoms with Crippen LogP contribution in [0.1, 0.15) is 42.9 Å². The number of rotatable bonds is 6. The quantitative estimate of drug-likeness (QED) is 0.709. The predicted octanol–water partition coefficient (Wildman–Crippen LogP) is 3.77. The van der Waals surface area contributed by atoms with Gasteiger partial charge in [0.2, 0.25) is 5.91 Å². The van der Waals surface area contributed by atoms with Crippen LogP contribution in [0, 0.1) is 12.8 Å². The molecule has 28 heavy (non-hydrogen) atoms. The first-order valence-corrected chi connectivity index (χ1v) is 9.68. The topological polar surface area (TPSA) is 69.2 Å². The zero-order valence-corrected chi connectivity index (χ0v) is 16.4. The fourth-order valence-electron chi connectivity index (χ4n) is 3.60. The van der Waals surface area contributed by atoms with Gasteiger partial charge in [0, 0.05) is 25.8 Å². The monoisotopic (exact) mass is 379 g/mol. The van der Waals surface area contributed by atoms with Gasteiger partial charge in [-0.1, -0.05) is 25.1 Å². The molecule has 1 amide bonds. The number of anilines is 1. The fraction of sp³-hybridized carbons (Fsp3) is 0.364. The molecule has 0 bridgehead atoms. The first-order valence-electron chi connectivity index (χ1n) is 9.68. The van der Waals surface area contributed by atoms with Gasteiger partial charge in [-0.25, -0.2) is 4.68 Å². The number of carbonyl (C=O) groups excluding carboxylic acids is 1. The van der Waals surface area contributed by atoms with Crippen molar-refractivity contribution >= 4 is 11.6 Å². The molecule has 1 N–H and O–H groups in total. The third-order valence-electron chi connectivity index (χ3n) is 5.57. The van der Waals surface area contributed by atoms with Crippen LogP contribution in [0.5, 0.6) is 0 Å². The standard InChI is InChI=1S/C22H25N3O3/c1-14-13-18(14)19-11-9-17(28-19)10-12-20(26)23-21-15(2)24(3)25(22(21)27)16-7-5-4-6-8-16/h4-9,11,14,18H,10,12-13H2,1-3H3,(H,23,26). The predicted molar refractivity (Wildman–Crippen MR) is 108 cm³/mol. The van der Waals surface area contributed by atoms with Gasteiger partial charge in [0.15, 0.2) is 0 Å². The van der Waals surface area contributed by atoms with Crippen molar-refractivity contribution in [1.82, 2.24) is 9.36 Å². The van der Waals surface area contributed by atoms with Crippen molar-refractivity contribution in [3.8, 4) is 5.69 Å². The van der Waals surface area contributed by atoms with Crippen LogP contribution in [-0.2, 0) is 18.3 Å². The lowest BCUT2D eigenvalue weighted by Crippen LogP contribution is -2.23. The van der Waals surface area contributed by atoms with Crippen LogP contribution in [0.25, 0.3) is 5.69 Å². The van der Waals surface area contributed by atoms with Crippen LogP contribution in [0.4, 0.5) is 5.69 Å². The second-order valence-corrected chi connectivity index (χ2v) is 7.61. The summed E-state index contributed by atoms with van der Waals surface area (Å²) < 4.78 is 9.17. The molecule has 2 unspecified atom stereocenters. The highest BCUT2D eigenvalue weighted by Crippen LogP contribution is 2.47. The van der Waals surface area contributed by atoms with E-state index >= 15 is 0 Å². The molecule has 1 aliphatic carbocycles. The molecular weight excluding hydrogens is 354 g/mol. The van der Waals surface area contributed by atoms with Crippen molar-refractivity contribution < 1.29 is 9.21 Å². The molecule has 4 rings (SSSR count). The van der Waals surface area contributed by atoms with Gasteiger partial charge in [-0.05, 0) is 43.5 Å². The van der Waals surface area contributed by atoms with Gasteiger partial charge in [0.1, 0.15) is 17.2 Å². The third kappa shape index (κ3) is 3.42. The van der Waals surface area contributed by atoms with E-state index in [2.05, 4.69) is 12.2 Å². The zero-order chi connectivity index (χ0) is 19.8. The summed E-state index contributed by atoms with van der Waals surface area (Å²) in [7, 11) is 1.81. The Hall–Kier alpha value is -3.02. The van der Waals surface area contributed by atoms with E-state index in [-0.39, 0.29) is 17.9 Å². The number of aromatic nitrogens is 2. The summed E-state index contributed by atoms with van der Waals surface area (Å²) in [6.45, 7) is 4.04. The average Bonchev–Trinajstić information content (AvgIpc) is 3.16. The Labute approximate surface area is 163 Å². The highest BCUT2D eigenvalue weighted by molar-refractivity contribution is 5.91. The van der Waals surface area contributed by atoms with E-state index in [1.165, 1.54) is 6.42 Å². The Bertz CT molecular complexity index is 1060. The van der Waals surface area contributed by atoms with Gasteiger partial charge >= 0.3 is 0 Å². The number of carbonyl (C=O) groups is 1. The maximum absolute atomic E-state index is 12.8. The Morgan fingerprint density at radius 3 is 2.61 bits per heavy atom. The zero-order valence-electron chi connectivity index (χ0n) is 16.4. The Balaban J connectivity index is 1.45. The molecule has 0 spiro atoms. The number of furan rings is 1. The molecule has 0 radical (unpaired) electrons. The van der Waals surface area contributed by atoms with Crippen molar-refractivity contribution in [2.45, 2.75) is 39.0 Å². The van der Waals surface area contributed by atoms with Crippen LogP contribution in [0.15, 0.2) is 51.7 Å². The summed E-state index contributed by atoms with van der Waals surface area (Å²) in [5.74, 6) is 2.87. The molecule has 2 atom stereocenters. The SMILES string of the molecule is Cc1c(NC(=O)CCc2ccc(C3CC3C)o2)c(=O)n(-c2ccccc2)n1C. The van der Waals surface area contributed by atoms with Gasteiger partial charge in [0.05, 0.1) is 11.4 Å². The van der Waals surface area contributed by atoms with Crippen molar-refractivity contribution in [1.29, 1.82) is 0 Å². The lowest BCUT2D eigenvalue weighted by molar-refractivity contribution is -0.116. The number of hydrogen-bond donors (Lipinski definition) is 1. The van der Waals surface area contributed by atoms with Gasteiger partial charge in [-0.15, -0.1) is 0 Å². The summed E-state index contributed by atoms with van der Waals surface area (Å²) in [4.78, 5) is 25.3. The number of nitrogens with zero attached hydrogens (tertiary/aromatic N) is 2. The van der Waals surface area contributed by atoms with Crippen molar-refractivity contribution in [2.75, 3.05) is 5.32 Å². The molecule has 3 aromatic rings. The number of para-hydroxylation sites is 1. The van der Waals surface area contributed by atoms with Gasteiger partial charge in [-0.2, -0.15) is 0 Å². The minimum Gasteiger partial charge on any atom is -0.466 e.